The summed E-state index contributed by atoms with van der Waals surface area (Å²) in [6, 6.07) is 0. The molecule has 0 bridgehead atoms. The standard InChI is InChI=1S/C4H5N7O6/c1-7(11(16)17)2-8-4(10(14)15)5-3(6-8)9(12)13/h2H2,1H3. The van der Waals surface area contributed by atoms with Crippen LogP contribution in [-0.4, -0.2) is 41.7 Å². The van der Waals surface area contributed by atoms with Gasteiger partial charge in [0.05, 0.1) is 12.1 Å². The molecule has 0 unspecified atom stereocenters. The molecule has 0 saturated heterocycles. The predicted molar refractivity (Wildman–Crippen MR) is 48.1 cm³/mol. The number of rotatable bonds is 5. The molecule has 0 aliphatic carbocycles. The maximum absolute atomic E-state index is 10.5. The monoisotopic (exact) mass is 247 g/mol. The lowest BCUT2D eigenvalue weighted by Gasteiger charge is -2.03. The summed E-state index contributed by atoms with van der Waals surface area (Å²) < 4.78 is 0.459. The molecule has 0 fully saturated rings. The molecule has 0 saturated carbocycles. The van der Waals surface area contributed by atoms with Gasteiger partial charge in [-0.1, -0.05) is 5.01 Å². The predicted octanol–water partition coefficient (Wildman–Crippen LogP) is -0.824. The van der Waals surface area contributed by atoms with Crippen LogP contribution in [0.4, 0.5) is 11.9 Å². The molecule has 0 aromatic carbocycles. The van der Waals surface area contributed by atoms with Crippen molar-refractivity contribution < 1.29 is 14.9 Å². The van der Waals surface area contributed by atoms with Gasteiger partial charge < -0.3 is 20.2 Å². The van der Waals surface area contributed by atoms with Crippen LogP contribution in [0.25, 0.3) is 0 Å². The van der Waals surface area contributed by atoms with Crippen molar-refractivity contribution in [2.24, 2.45) is 0 Å². The third-order valence-corrected chi connectivity index (χ3v) is 1.59. The van der Waals surface area contributed by atoms with Crippen LogP contribution < -0.4 is 0 Å². The highest BCUT2D eigenvalue weighted by Gasteiger charge is 2.30. The number of hydrogen-bond acceptors (Lipinski definition) is 8. The van der Waals surface area contributed by atoms with E-state index in [1.807, 2.05) is 0 Å². The molecule has 13 heteroatoms. The summed E-state index contributed by atoms with van der Waals surface area (Å²) in [5, 5.41) is 33.9. The Bertz CT molecular complexity index is 481. The highest BCUT2D eigenvalue weighted by atomic mass is 16.7. The number of nitrogens with zero attached hydrogens (tertiary/aromatic N) is 7. The lowest BCUT2D eigenvalue weighted by Crippen LogP contribution is -2.28. The minimum absolute atomic E-state index is 0.459. The number of aromatic nitrogens is 3. The molecule has 1 rings (SSSR count). The van der Waals surface area contributed by atoms with Gasteiger partial charge >= 0.3 is 11.9 Å². The summed E-state index contributed by atoms with van der Waals surface area (Å²) in [5.41, 5.74) is 0. The Hall–Kier alpha value is -2.86. The van der Waals surface area contributed by atoms with Crippen molar-refractivity contribution in [1.82, 2.24) is 19.8 Å². The van der Waals surface area contributed by atoms with E-state index in [1.54, 1.807) is 0 Å². The second-order valence-corrected chi connectivity index (χ2v) is 2.76. The van der Waals surface area contributed by atoms with E-state index in [9.17, 15) is 30.3 Å². The highest BCUT2D eigenvalue weighted by molar-refractivity contribution is 5.13. The zero-order valence-corrected chi connectivity index (χ0v) is 8.29. The van der Waals surface area contributed by atoms with E-state index >= 15 is 0 Å². The quantitative estimate of drug-likeness (QED) is 0.477. The zero-order chi connectivity index (χ0) is 13.2. The first-order valence-corrected chi connectivity index (χ1v) is 3.92. The maximum atomic E-state index is 10.5. The fourth-order valence-electron chi connectivity index (χ4n) is 0.875. The van der Waals surface area contributed by atoms with E-state index in [2.05, 4.69) is 10.1 Å². The summed E-state index contributed by atoms with van der Waals surface area (Å²) in [4.78, 5) is 32.1. The Kier molecular flexibility index (Phi) is 3.11. The molecule has 1 aromatic heterocycles. The van der Waals surface area contributed by atoms with E-state index in [0.717, 1.165) is 7.05 Å². The van der Waals surface area contributed by atoms with Gasteiger partial charge in [-0.2, -0.15) is 0 Å². The van der Waals surface area contributed by atoms with Gasteiger partial charge in [0.25, 0.3) is 0 Å². The second kappa shape index (κ2) is 4.33. The van der Waals surface area contributed by atoms with Crippen LogP contribution in [-0.2, 0) is 6.67 Å². The molecule has 1 aromatic rings. The summed E-state index contributed by atoms with van der Waals surface area (Å²) in [6.45, 7) is -0.635. The Labute approximate surface area is 91.7 Å². The molecule has 13 nitrogen and oxygen atoms in total. The number of hydrazine groups is 1. The Morgan fingerprint density at radius 3 is 2.24 bits per heavy atom. The molecule has 0 spiro atoms. The van der Waals surface area contributed by atoms with Crippen molar-refractivity contribution in [2.45, 2.75) is 6.67 Å². The molecular weight excluding hydrogens is 242 g/mol. The van der Waals surface area contributed by atoms with Gasteiger partial charge in [-0.3, -0.25) is 0 Å². The molecule has 0 atom stereocenters. The van der Waals surface area contributed by atoms with Crippen LogP contribution in [0.1, 0.15) is 0 Å². The molecule has 1 heterocycles. The van der Waals surface area contributed by atoms with Gasteiger partial charge in [0.15, 0.2) is 5.03 Å². The highest BCUT2D eigenvalue weighted by Crippen LogP contribution is 2.13. The molecule has 92 valence electrons. The average molecular weight is 247 g/mol. The first-order chi connectivity index (χ1) is 7.82. The molecule has 0 amide bonds. The summed E-state index contributed by atoms with van der Waals surface area (Å²) >= 11 is 0. The van der Waals surface area contributed by atoms with Crippen LogP contribution in [0.3, 0.4) is 0 Å². The molecular formula is C4H5N7O6. The molecule has 0 radical (unpaired) electrons. The number of nitro groups is 3. The van der Waals surface area contributed by atoms with Crippen LogP contribution in [0, 0.1) is 30.3 Å². The lowest BCUT2D eigenvalue weighted by atomic mass is 10.9. The van der Waals surface area contributed by atoms with Gasteiger partial charge in [-0.25, -0.2) is 10.1 Å². The Morgan fingerprint density at radius 1 is 1.24 bits per heavy atom. The molecule has 17 heavy (non-hydrogen) atoms. The van der Waals surface area contributed by atoms with Crippen LogP contribution >= 0.6 is 0 Å². The van der Waals surface area contributed by atoms with Crippen LogP contribution in [0.2, 0.25) is 0 Å². The molecule has 0 aliphatic heterocycles. The van der Waals surface area contributed by atoms with Crippen molar-refractivity contribution >= 4 is 11.9 Å². The van der Waals surface area contributed by atoms with Gasteiger partial charge in [0, 0.05) is 4.98 Å². The zero-order valence-electron chi connectivity index (χ0n) is 8.29. The average Bonchev–Trinajstić information content (AvgIpc) is 2.61. The first-order valence-electron chi connectivity index (χ1n) is 3.92. The summed E-state index contributed by atoms with van der Waals surface area (Å²) in [6.07, 6.45) is 0. The Balaban J connectivity index is 3.08. The maximum Gasteiger partial charge on any atom is 0.508 e. The summed E-state index contributed by atoms with van der Waals surface area (Å²) in [7, 11) is 1.03. The number of hydrogen-bond donors (Lipinski definition) is 0. The summed E-state index contributed by atoms with van der Waals surface area (Å²) in [5.74, 6) is -1.93. The third kappa shape index (κ3) is 2.58. The largest absolute Gasteiger partial charge is 0.508 e. The van der Waals surface area contributed by atoms with Gasteiger partial charge in [-0.05, 0) is 14.5 Å². The van der Waals surface area contributed by atoms with E-state index in [0.29, 0.717) is 9.69 Å². The van der Waals surface area contributed by atoms with E-state index in [4.69, 9.17) is 0 Å². The SMILES string of the molecule is CN(Cn1nc([N+](=O)[O-])nc1[N+](=O)[O-])[N+](=O)[O-]. The van der Waals surface area contributed by atoms with Crippen LogP contribution in [0.5, 0.6) is 0 Å². The fraction of sp³-hybridized carbons (Fsp3) is 0.500. The van der Waals surface area contributed by atoms with Crippen molar-refractivity contribution in [2.75, 3.05) is 7.05 Å². The van der Waals surface area contributed by atoms with Crippen molar-refractivity contribution in [3.8, 4) is 0 Å². The molecule has 0 aliphatic rings. The van der Waals surface area contributed by atoms with Crippen molar-refractivity contribution in [1.29, 1.82) is 0 Å². The van der Waals surface area contributed by atoms with Crippen molar-refractivity contribution in [3.63, 3.8) is 0 Å². The minimum atomic E-state index is -1.03. The van der Waals surface area contributed by atoms with Crippen LogP contribution in [0.15, 0.2) is 0 Å². The third-order valence-electron chi connectivity index (χ3n) is 1.59. The normalized spacial score (nSPS) is 9.94. The first kappa shape index (κ1) is 12.2. The smallest absolute Gasteiger partial charge is 0.390 e. The Morgan fingerprint density at radius 2 is 1.82 bits per heavy atom. The van der Waals surface area contributed by atoms with Gasteiger partial charge in [0.2, 0.25) is 6.67 Å². The van der Waals surface area contributed by atoms with Crippen molar-refractivity contribution in [3.05, 3.63) is 30.3 Å². The second-order valence-electron chi connectivity index (χ2n) is 2.76. The van der Waals surface area contributed by atoms with E-state index in [1.165, 1.54) is 0 Å². The van der Waals surface area contributed by atoms with E-state index in [-0.39, 0.29) is 0 Å². The van der Waals surface area contributed by atoms with Gasteiger partial charge in [-0.15, -0.1) is 0 Å². The van der Waals surface area contributed by atoms with Gasteiger partial charge in [0.1, 0.15) is 0 Å². The van der Waals surface area contributed by atoms with E-state index < -0.39 is 33.4 Å². The molecule has 0 N–H and O–H groups in total. The lowest BCUT2D eigenvalue weighted by molar-refractivity contribution is -0.656. The minimum Gasteiger partial charge on any atom is -0.390 e. The fourth-order valence-corrected chi connectivity index (χ4v) is 0.875. The topological polar surface area (TPSA) is 163 Å².